The molecule has 21 heavy (non-hydrogen) atoms. The Bertz CT molecular complexity index is 541. The summed E-state index contributed by atoms with van der Waals surface area (Å²) in [4.78, 5) is 7.03. The van der Waals surface area contributed by atoms with E-state index in [4.69, 9.17) is 0 Å². The van der Waals surface area contributed by atoms with Crippen molar-refractivity contribution in [3.8, 4) is 0 Å². The molecule has 0 bridgehead atoms. The molecule has 0 saturated carbocycles. The molecule has 2 aromatic rings. The molecule has 0 amide bonds. The van der Waals surface area contributed by atoms with Crippen molar-refractivity contribution in [1.82, 2.24) is 15.2 Å². The molecule has 0 aliphatic carbocycles. The Labute approximate surface area is 127 Å². The van der Waals surface area contributed by atoms with E-state index in [1.807, 2.05) is 12.3 Å². The summed E-state index contributed by atoms with van der Waals surface area (Å²) in [5.41, 5.74) is 2.58. The molecular formula is C18H23N3. The molecular weight excluding hydrogens is 258 g/mol. The highest BCUT2D eigenvalue weighted by atomic mass is 15.2. The van der Waals surface area contributed by atoms with Gasteiger partial charge in [-0.2, -0.15) is 0 Å². The van der Waals surface area contributed by atoms with E-state index in [1.54, 1.807) is 0 Å². The fourth-order valence-electron chi connectivity index (χ4n) is 3.04. The van der Waals surface area contributed by atoms with Gasteiger partial charge in [0, 0.05) is 50.0 Å². The second kappa shape index (κ2) is 6.83. The Morgan fingerprint density at radius 3 is 2.71 bits per heavy atom. The first-order valence-corrected chi connectivity index (χ1v) is 7.75. The number of rotatable bonds is 4. The van der Waals surface area contributed by atoms with Crippen LogP contribution in [-0.2, 0) is 6.42 Å². The van der Waals surface area contributed by atoms with E-state index in [9.17, 15) is 0 Å². The molecule has 2 atom stereocenters. The standard InChI is InChI=1S/C18H23N3/c1-15-14-21(12-10-17-9-5-6-11-19-17)18(13-20-15)16-7-3-2-4-8-16/h2-9,11,15,18,20H,10,12-14H2,1H3. The molecule has 3 nitrogen and oxygen atoms in total. The van der Waals surface area contributed by atoms with Crippen molar-refractivity contribution in [3.05, 3.63) is 66.0 Å². The normalized spacial score (nSPS) is 23.1. The van der Waals surface area contributed by atoms with Crippen LogP contribution in [0, 0.1) is 0 Å². The molecule has 1 fully saturated rings. The van der Waals surface area contributed by atoms with Gasteiger partial charge in [-0.15, -0.1) is 0 Å². The predicted molar refractivity (Wildman–Crippen MR) is 86.2 cm³/mol. The zero-order valence-electron chi connectivity index (χ0n) is 12.6. The van der Waals surface area contributed by atoms with Gasteiger partial charge >= 0.3 is 0 Å². The topological polar surface area (TPSA) is 28.2 Å². The van der Waals surface area contributed by atoms with E-state index in [1.165, 1.54) is 11.3 Å². The van der Waals surface area contributed by atoms with Gasteiger partial charge in [-0.3, -0.25) is 9.88 Å². The van der Waals surface area contributed by atoms with Gasteiger partial charge < -0.3 is 5.32 Å². The monoisotopic (exact) mass is 281 g/mol. The third-order valence-electron chi connectivity index (χ3n) is 4.17. The molecule has 1 aliphatic rings. The minimum atomic E-state index is 0.464. The molecule has 110 valence electrons. The van der Waals surface area contributed by atoms with Crippen LogP contribution in [0.4, 0.5) is 0 Å². The molecule has 0 spiro atoms. The second-order valence-electron chi connectivity index (χ2n) is 5.80. The van der Waals surface area contributed by atoms with E-state index in [2.05, 4.69) is 64.6 Å². The first kappa shape index (κ1) is 14.2. The van der Waals surface area contributed by atoms with Gasteiger partial charge in [-0.05, 0) is 24.6 Å². The summed E-state index contributed by atoms with van der Waals surface area (Å²) in [6.07, 6.45) is 2.89. The number of benzene rings is 1. The van der Waals surface area contributed by atoms with Gasteiger partial charge in [-0.25, -0.2) is 0 Å². The summed E-state index contributed by atoms with van der Waals surface area (Å²) in [7, 11) is 0. The number of hydrogen-bond donors (Lipinski definition) is 1. The predicted octanol–water partition coefficient (Wildman–Crippen LogP) is 2.66. The quantitative estimate of drug-likeness (QED) is 0.934. The van der Waals surface area contributed by atoms with Crippen molar-refractivity contribution in [2.45, 2.75) is 25.4 Å². The Kier molecular flexibility index (Phi) is 4.63. The van der Waals surface area contributed by atoms with E-state index in [0.717, 1.165) is 26.1 Å². The minimum absolute atomic E-state index is 0.464. The summed E-state index contributed by atoms with van der Waals surface area (Å²) in [6, 6.07) is 18.0. The largest absolute Gasteiger partial charge is 0.311 e. The summed E-state index contributed by atoms with van der Waals surface area (Å²) in [5, 5.41) is 3.60. The van der Waals surface area contributed by atoms with Gasteiger partial charge in [0.05, 0.1) is 0 Å². The van der Waals surface area contributed by atoms with Gasteiger partial charge in [-0.1, -0.05) is 36.4 Å². The lowest BCUT2D eigenvalue weighted by molar-refractivity contribution is 0.137. The number of pyridine rings is 1. The number of hydrogen-bond acceptors (Lipinski definition) is 3. The molecule has 1 saturated heterocycles. The third kappa shape index (κ3) is 3.69. The number of nitrogens with zero attached hydrogens (tertiary/aromatic N) is 2. The molecule has 3 rings (SSSR count). The summed E-state index contributed by atoms with van der Waals surface area (Å²) in [5.74, 6) is 0. The average molecular weight is 281 g/mol. The van der Waals surface area contributed by atoms with Crippen LogP contribution in [0.25, 0.3) is 0 Å². The molecule has 1 aliphatic heterocycles. The highest BCUT2D eigenvalue weighted by Gasteiger charge is 2.26. The number of aromatic nitrogens is 1. The van der Waals surface area contributed by atoms with E-state index in [-0.39, 0.29) is 0 Å². The maximum absolute atomic E-state index is 4.44. The number of nitrogens with one attached hydrogen (secondary N) is 1. The highest BCUT2D eigenvalue weighted by molar-refractivity contribution is 5.20. The zero-order valence-corrected chi connectivity index (χ0v) is 12.6. The molecule has 1 N–H and O–H groups in total. The van der Waals surface area contributed by atoms with Crippen LogP contribution in [0.5, 0.6) is 0 Å². The summed E-state index contributed by atoms with van der Waals surface area (Å²) in [6.45, 7) is 5.43. The van der Waals surface area contributed by atoms with E-state index < -0.39 is 0 Å². The average Bonchev–Trinajstić information content (AvgIpc) is 2.55. The summed E-state index contributed by atoms with van der Waals surface area (Å²) >= 11 is 0. The third-order valence-corrected chi connectivity index (χ3v) is 4.17. The van der Waals surface area contributed by atoms with Crippen LogP contribution >= 0.6 is 0 Å². The lowest BCUT2D eigenvalue weighted by atomic mass is 10.0. The van der Waals surface area contributed by atoms with Crippen molar-refractivity contribution in [1.29, 1.82) is 0 Å². The van der Waals surface area contributed by atoms with Crippen molar-refractivity contribution >= 4 is 0 Å². The molecule has 3 heteroatoms. The fraction of sp³-hybridized carbons (Fsp3) is 0.389. The first-order valence-electron chi connectivity index (χ1n) is 7.75. The van der Waals surface area contributed by atoms with Crippen LogP contribution in [0.15, 0.2) is 54.7 Å². The molecule has 1 aromatic heterocycles. The van der Waals surface area contributed by atoms with Crippen molar-refractivity contribution in [2.24, 2.45) is 0 Å². The minimum Gasteiger partial charge on any atom is -0.311 e. The molecule has 2 heterocycles. The molecule has 2 unspecified atom stereocenters. The maximum Gasteiger partial charge on any atom is 0.0473 e. The molecule has 1 aromatic carbocycles. The highest BCUT2D eigenvalue weighted by Crippen LogP contribution is 2.23. The van der Waals surface area contributed by atoms with Crippen LogP contribution in [0.2, 0.25) is 0 Å². The van der Waals surface area contributed by atoms with Crippen LogP contribution < -0.4 is 5.32 Å². The summed E-state index contributed by atoms with van der Waals surface area (Å²) < 4.78 is 0. The first-order chi connectivity index (χ1) is 10.3. The zero-order chi connectivity index (χ0) is 14.5. The van der Waals surface area contributed by atoms with Crippen molar-refractivity contribution < 1.29 is 0 Å². The van der Waals surface area contributed by atoms with Crippen molar-refractivity contribution in [2.75, 3.05) is 19.6 Å². The Hall–Kier alpha value is -1.71. The van der Waals surface area contributed by atoms with Crippen LogP contribution in [-0.4, -0.2) is 35.6 Å². The SMILES string of the molecule is CC1CN(CCc2ccccn2)C(c2ccccc2)CN1. The van der Waals surface area contributed by atoms with Gasteiger partial charge in [0.25, 0.3) is 0 Å². The maximum atomic E-state index is 4.44. The van der Waals surface area contributed by atoms with E-state index in [0.29, 0.717) is 12.1 Å². The van der Waals surface area contributed by atoms with Gasteiger partial charge in [0.2, 0.25) is 0 Å². The van der Waals surface area contributed by atoms with Crippen LogP contribution in [0.1, 0.15) is 24.2 Å². The Morgan fingerprint density at radius 1 is 1.14 bits per heavy atom. The Morgan fingerprint density at radius 2 is 1.95 bits per heavy atom. The lowest BCUT2D eigenvalue weighted by Gasteiger charge is -2.39. The lowest BCUT2D eigenvalue weighted by Crippen LogP contribution is -2.51. The van der Waals surface area contributed by atoms with E-state index >= 15 is 0 Å². The second-order valence-corrected chi connectivity index (χ2v) is 5.80. The van der Waals surface area contributed by atoms with Crippen LogP contribution in [0.3, 0.4) is 0 Å². The number of piperazine rings is 1. The molecule has 0 radical (unpaired) electrons. The fourth-order valence-corrected chi connectivity index (χ4v) is 3.04. The van der Waals surface area contributed by atoms with Gasteiger partial charge in [0.1, 0.15) is 0 Å². The smallest absolute Gasteiger partial charge is 0.0473 e. The Balaban J connectivity index is 1.70. The van der Waals surface area contributed by atoms with Gasteiger partial charge in [0.15, 0.2) is 0 Å². The van der Waals surface area contributed by atoms with Crippen molar-refractivity contribution in [3.63, 3.8) is 0 Å².